The van der Waals surface area contributed by atoms with E-state index in [1.54, 1.807) is 6.26 Å². The molecule has 178 valence electrons. The number of amides is 2. The molecule has 9 nitrogen and oxygen atoms in total. The monoisotopic (exact) mass is 476 g/mol. The Morgan fingerprint density at radius 2 is 1.94 bits per heavy atom. The van der Waals surface area contributed by atoms with E-state index in [1.165, 1.54) is 18.6 Å². The predicted octanol–water partition coefficient (Wildman–Crippen LogP) is 3.94. The highest BCUT2D eigenvalue weighted by atomic mass is 35.5. The summed E-state index contributed by atoms with van der Waals surface area (Å²) in [5.74, 6) is -0.318. The summed E-state index contributed by atoms with van der Waals surface area (Å²) in [5.41, 5.74) is -0.302. The highest BCUT2D eigenvalue weighted by Gasteiger charge is 2.29. The molecule has 1 aliphatic heterocycles. The summed E-state index contributed by atoms with van der Waals surface area (Å²) in [5, 5.41) is 16.7. The second-order valence-electron chi connectivity index (χ2n) is 8.49. The number of furan rings is 1. The molecule has 1 aromatic heterocycles. The van der Waals surface area contributed by atoms with Crippen molar-refractivity contribution < 1.29 is 18.9 Å². The molecule has 33 heavy (non-hydrogen) atoms. The molecule has 0 saturated carbocycles. The number of likely N-dealkylation sites (tertiary alicyclic amines) is 1. The quantitative estimate of drug-likeness (QED) is 0.418. The topological polar surface area (TPSA) is 118 Å². The van der Waals surface area contributed by atoms with Gasteiger partial charge in [0.15, 0.2) is 0 Å². The van der Waals surface area contributed by atoms with E-state index >= 15 is 0 Å². The Kier molecular flexibility index (Phi) is 8.46. The molecule has 10 heteroatoms. The van der Waals surface area contributed by atoms with E-state index in [-0.39, 0.29) is 34.1 Å². The molecule has 1 aliphatic rings. The second-order valence-corrected chi connectivity index (χ2v) is 8.90. The number of carbonyl (C=O) groups is 2. The van der Waals surface area contributed by atoms with E-state index in [0.29, 0.717) is 6.54 Å². The van der Waals surface area contributed by atoms with E-state index in [1.807, 2.05) is 26.0 Å². The number of nitro groups is 1. The van der Waals surface area contributed by atoms with Crippen LogP contribution in [0.3, 0.4) is 0 Å². The molecule has 2 aromatic rings. The third-order valence-electron chi connectivity index (χ3n) is 5.81. The van der Waals surface area contributed by atoms with Gasteiger partial charge in [0.05, 0.1) is 17.2 Å². The maximum atomic E-state index is 13.0. The van der Waals surface area contributed by atoms with Gasteiger partial charge in [0, 0.05) is 18.2 Å². The summed E-state index contributed by atoms with van der Waals surface area (Å²) in [4.78, 5) is 38.6. The Hall–Kier alpha value is -2.91. The highest BCUT2D eigenvalue weighted by molar-refractivity contribution is 6.32. The summed E-state index contributed by atoms with van der Waals surface area (Å²) in [6.07, 6.45) is 5.01. The fourth-order valence-corrected chi connectivity index (χ4v) is 4.17. The van der Waals surface area contributed by atoms with Crippen molar-refractivity contribution in [3.05, 3.63) is 63.1 Å². The predicted molar refractivity (Wildman–Crippen MR) is 124 cm³/mol. The fourth-order valence-electron chi connectivity index (χ4n) is 3.98. The van der Waals surface area contributed by atoms with Gasteiger partial charge in [-0.15, -0.1) is 0 Å². The average molecular weight is 477 g/mol. The number of hydrogen-bond acceptors (Lipinski definition) is 6. The Balaban J connectivity index is 1.68. The highest BCUT2D eigenvalue weighted by Crippen LogP contribution is 2.26. The van der Waals surface area contributed by atoms with Gasteiger partial charge in [-0.25, -0.2) is 0 Å². The van der Waals surface area contributed by atoms with Gasteiger partial charge >= 0.3 is 0 Å². The summed E-state index contributed by atoms with van der Waals surface area (Å²) in [6, 6.07) is 6.62. The molecular weight excluding hydrogens is 448 g/mol. The molecule has 1 saturated heterocycles. The van der Waals surface area contributed by atoms with Crippen molar-refractivity contribution >= 4 is 29.1 Å². The second kappa shape index (κ2) is 11.3. The zero-order chi connectivity index (χ0) is 24.0. The largest absolute Gasteiger partial charge is 0.468 e. The smallest absolute Gasteiger partial charge is 0.288 e. The van der Waals surface area contributed by atoms with E-state index < -0.39 is 16.9 Å². The van der Waals surface area contributed by atoms with Crippen molar-refractivity contribution in [2.45, 2.75) is 45.2 Å². The first kappa shape index (κ1) is 24.7. The summed E-state index contributed by atoms with van der Waals surface area (Å²) < 4.78 is 5.62. The summed E-state index contributed by atoms with van der Waals surface area (Å²) in [7, 11) is 0. The molecule has 0 spiro atoms. The summed E-state index contributed by atoms with van der Waals surface area (Å²) >= 11 is 5.83. The van der Waals surface area contributed by atoms with Gasteiger partial charge in [0.1, 0.15) is 16.8 Å². The lowest BCUT2D eigenvalue weighted by Gasteiger charge is -2.34. The van der Waals surface area contributed by atoms with Crippen molar-refractivity contribution in [2.75, 3.05) is 19.6 Å². The molecule has 2 amide bonds. The van der Waals surface area contributed by atoms with Crippen LogP contribution in [0.1, 0.15) is 55.3 Å². The van der Waals surface area contributed by atoms with Crippen LogP contribution in [-0.4, -0.2) is 47.3 Å². The van der Waals surface area contributed by atoms with E-state index in [4.69, 9.17) is 16.0 Å². The molecule has 2 atom stereocenters. The molecule has 3 rings (SSSR count). The van der Waals surface area contributed by atoms with Crippen molar-refractivity contribution in [1.82, 2.24) is 15.5 Å². The Morgan fingerprint density at radius 1 is 1.21 bits per heavy atom. The average Bonchev–Trinajstić information content (AvgIpc) is 3.32. The molecule has 2 unspecified atom stereocenters. The van der Waals surface area contributed by atoms with Crippen LogP contribution in [0.2, 0.25) is 5.02 Å². The van der Waals surface area contributed by atoms with Crippen molar-refractivity contribution in [3.63, 3.8) is 0 Å². The SMILES string of the molecule is CC(C)C(NC(=O)c1ccc(Cl)c([N+](=O)[O-])c1)C(=O)NCC(c1ccco1)N1CCCCC1. The van der Waals surface area contributed by atoms with Crippen LogP contribution in [0.25, 0.3) is 0 Å². The van der Waals surface area contributed by atoms with Crippen LogP contribution >= 0.6 is 11.6 Å². The number of benzene rings is 1. The van der Waals surface area contributed by atoms with Gasteiger partial charge in [-0.2, -0.15) is 0 Å². The number of nitrogens with one attached hydrogen (secondary N) is 2. The number of carbonyl (C=O) groups excluding carboxylic acids is 2. The first-order valence-electron chi connectivity index (χ1n) is 11.1. The van der Waals surface area contributed by atoms with E-state index in [9.17, 15) is 19.7 Å². The lowest BCUT2D eigenvalue weighted by Crippen LogP contribution is -2.51. The van der Waals surface area contributed by atoms with Gasteiger partial charge in [-0.3, -0.25) is 24.6 Å². The van der Waals surface area contributed by atoms with Crippen LogP contribution in [-0.2, 0) is 4.79 Å². The van der Waals surface area contributed by atoms with Crippen molar-refractivity contribution in [1.29, 1.82) is 0 Å². The minimum Gasteiger partial charge on any atom is -0.468 e. The molecule has 0 radical (unpaired) electrons. The maximum absolute atomic E-state index is 13.0. The number of hydrogen-bond donors (Lipinski definition) is 2. The first-order valence-corrected chi connectivity index (χ1v) is 11.5. The van der Waals surface area contributed by atoms with E-state index in [2.05, 4.69) is 15.5 Å². The molecular formula is C23H29ClN4O5. The Labute approximate surface area is 197 Å². The maximum Gasteiger partial charge on any atom is 0.288 e. The molecule has 2 heterocycles. The zero-order valence-electron chi connectivity index (χ0n) is 18.8. The van der Waals surface area contributed by atoms with Gasteiger partial charge < -0.3 is 15.1 Å². The Morgan fingerprint density at radius 3 is 2.55 bits per heavy atom. The van der Waals surface area contributed by atoms with Crippen LogP contribution in [0.5, 0.6) is 0 Å². The van der Waals surface area contributed by atoms with Gasteiger partial charge in [-0.05, 0) is 56.1 Å². The number of nitrogens with zero attached hydrogens (tertiary/aromatic N) is 2. The van der Waals surface area contributed by atoms with Crippen LogP contribution in [0.15, 0.2) is 41.0 Å². The minimum atomic E-state index is -0.814. The van der Waals surface area contributed by atoms with Crippen molar-refractivity contribution in [3.8, 4) is 0 Å². The lowest BCUT2D eigenvalue weighted by molar-refractivity contribution is -0.384. The Bertz CT molecular complexity index is 973. The molecule has 0 bridgehead atoms. The zero-order valence-corrected chi connectivity index (χ0v) is 19.5. The van der Waals surface area contributed by atoms with Crippen LogP contribution < -0.4 is 10.6 Å². The fraction of sp³-hybridized carbons (Fsp3) is 0.478. The third-order valence-corrected chi connectivity index (χ3v) is 6.13. The summed E-state index contributed by atoms with van der Waals surface area (Å²) in [6.45, 7) is 5.85. The normalized spacial score (nSPS) is 16.2. The first-order chi connectivity index (χ1) is 15.8. The molecule has 2 N–H and O–H groups in total. The third kappa shape index (κ3) is 6.33. The van der Waals surface area contributed by atoms with Gasteiger partial charge in [-0.1, -0.05) is 31.9 Å². The molecule has 0 aliphatic carbocycles. The molecule has 1 fully saturated rings. The number of rotatable bonds is 9. The van der Waals surface area contributed by atoms with Gasteiger partial charge in [0.2, 0.25) is 5.91 Å². The number of piperidine rings is 1. The lowest BCUT2D eigenvalue weighted by atomic mass is 10.0. The standard InChI is InChI=1S/C23H29ClN4O5/c1-15(2)21(26-22(29)16-8-9-17(24)18(13-16)28(31)32)23(30)25-14-19(20-7-6-12-33-20)27-10-4-3-5-11-27/h6-9,12-13,15,19,21H,3-5,10-11,14H2,1-2H3,(H,25,30)(H,26,29). The minimum absolute atomic E-state index is 0.0589. The van der Waals surface area contributed by atoms with Crippen LogP contribution in [0, 0.1) is 16.0 Å². The van der Waals surface area contributed by atoms with Crippen LogP contribution in [0.4, 0.5) is 5.69 Å². The molecule has 1 aromatic carbocycles. The van der Waals surface area contributed by atoms with Gasteiger partial charge in [0.25, 0.3) is 11.6 Å². The number of nitro benzene ring substituents is 1. The van der Waals surface area contributed by atoms with Crippen molar-refractivity contribution in [2.24, 2.45) is 5.92 Å². The van der Waals surface area contributed by atoms with E-state index in [0.717, 1.165) is 37.8 Å². The number of halogens is 1.